The van der Waals surface area contributed by atoms with Crippen molar-refractivity contribution in [1.82, 2.24) is 4.90 Å². The molecule has 5 nitrogen and oxygen atoms in total. The van der Waals surface area contributed by atoms with Crippen LogP contribution >= 0.6 is 0 Å². The molecule has 0 aliphatic carbocycles. The topological polar surface area (TPSA) is 48.0 Å². The first-order chi connectivity index (χ1) is 13.1. The molecule has 0 aliphatic rings. The molecule has 0 bridgehead atoms. The van der Waals surface area contributed by atoms with Crippen molar-refractivity contribution < 1.29 is 19.0 Å². The number of carbonyl (C=O) groups is 1. The Balaban J connectivity index is 2.40. The van der Waals surface area contributed by atoms with Crippen molar-refractivity contribution in [3.8, 4) is 17.2 Å². The first-order valence-corrected chi connectivity index (χ1v) is 9.03. The van der Waals surface area contributed by atoms with E-state index in [0.29, 0.717) is 30.2 Å². The highest BCUT2D eigenvalue weighted by atomic mass is 16.5. The second kappa shape index (κ2) is 7.74. The Morgan fingerprint density at radius 1 is 0.815 bits per heavy atom. The highest BCUT2D eigenvalue weighted by molar-refractivity contribution is 6.18. The molecule has 1 amide bonds. The second-order valence-electron chi connectivity index (χ2n) is 6.24. The monoisotopic (exact) mass is 367 g/mol. The Morgan fingerprint density at radius 3 is 2.07 bits per heavy atom. The average Bonchev–Trinajstić information content (AvgIpc) is 2.72. The predicted molar refractivity (Wildman–Crippen MR) is 108 cm³/mol. The number of methoxy groups -OCH3 is 3. The summed E-state index contributed by atoms with van der Waals surface area (Å²) in [5.41, 5.74) is 0.677. The molecule has 5 heteroatoms. The van der Waals surface area contributed by atoms with Crippen molar-refractivity contribution in [1.29, 1.82) is 0 Å². The third-order valence-electron chi connectivity index (χ3n) is 4.94. The van der Waals surface area contributed by atoms with Crippen LogP contribution in [0, 0.1) is 0 Å². The highest BCUT2D eigenvalue weighted by Crippen LogP contribution is 2.38. The smallest absolute Gasteiger partial charge is 0.254 e. The summed E-state index contributed by atoms with van der Waals surface area (Å²) in [6, 6.07) is 11.6. The maximum atomic E-state index is 13.1. The van der Waals surface area contributed by atoms with Crippen LogP contribution < -0.4 is 14.2 Å². The molecule has 0 saturated carbocycles. The Hall–Kier alpha value is -2.95. The number of rotatable bonds is 6. The molecule has 0 fully saturated rings. The predicted octanol–water partition coefficient (Wildman–Crippen LogP) is 4.50. The van der Waals surface area contributed by atoms with Crippen molar-refractivity contribution >= 4 is 27.5 Å². The standard InChI is InChI=1S/C22H25NO4/c1-6-23(7-2)22(24)19-10-14-11-20(26-4)21(27-5)13-17(14)18-12-15(25-3)8-9-16(18)19/h8-13H,6-7H2,1-5H3. The van der Waals surface area contributed by atoms with E-state index in [1.165, 1.54) is 0 Å². The van der Waals surface area contributed by atoms with E-state index in [9.17, 15) is 4.79 Å². The Morgan fingerprint density at radius 2 is 1.48 bits per heavy atom. The largest absolute Gasteiger partial charge is 0.497 e. The molecule has 27 heavy (non-hydrogen) atoms. The molecule has 142 valence electrons. The van der Waals surface area contributed by atoms with Crippen molar-refractivity contribution in [2.24, 2.45) is 0 Å². The van der Waals surface area contributed by atoms with Gasteiger partial charge in [-0.3, -0.25) is 4.79 Å². The number of carbonyl (C=O) groups excluding carboxylic acids is 1. The van der Waals surface area contributed by atoms with E-state index in [1.807, 2.05) is 55.1 Å². The number of hydrogen-bond donors (Lipinski definition) is 0. The molecule has 0 spiro atoms. The Bertz CT molecular complexity index is 993. The van der Waals surface area contributed by atoms with Crippen molar-refractivity contribution in [2.45, 2.75) is 13.8 Å². The fourth-order valence-corrected chi connectivity index (χ4v) is 3.45. The van der Waals surface area contributed by atoms with Gasteiger partial charge >= 0.3 is 0 Å². The average molecular weight is 367 g/mol. The van der Waals surface area contributed by atoms with Gasteiger partial charge in [-0.05, 0) is 71.8 Å². The van der Waals surface area contributed by atoms with Crippen LogP contribution in [0.5, 0.6) is 17.2 Å². The van der Waals surface area contributed by atoms with Gasteiger partial charge < -0.3 is 19.1 Å². The lowest BCUT2D eigenvalue weighted by atomic mass is 9.95. The zero-order valence-electron chi connectivity index (χ0n) is 16.5. The molecule has 0 saturated heterocycles. The molecule has 0 unspecified atom stereocenters. The lowest BCUT2D eigenvalue weighted by Crippen LogP contribution is -2.30. The summed E-state index contributed by atoms with van der Waals surface area (Å²) >= 11 is 0. The Labute approximate surface area is 159 Å². The maximum absolute atomic E-state index is 13.1. The SMILES string of the molecule is CCN(CC)C(=O)c1cc2cc(OC)c(OC)cc2c2cc(OC)ccc12. The molecule has 0 N–H and O–H groups in total. The number of nitrogens with zero attached hydrogens (tertiary/aromatic N) is 1. The summed E-state index contributed by atoms with van der Waals surface area (Å²) in [7, 11) is 4.86. The third-order valence-corrected chi connectivity index (χ3v) is 4.94. The summed E-state index contributed by atoms with van der Waals surface area (Å²) in [6.07, 6.45) is 0. The lowest BCUT2D eigenvalue weighted by Gasteiger charge is -2.21. The summed E-state index contributed by atoms with van der Waals surface area (Å²) in [5.74, 6) is 2.04. The minimum absolute atomic E-state index is 0.0202. The van der Waals surface area contributed by atoms with Crippen LogP contribution in [0.2, 0.25) is 0 Å². The van der Waals surface area contributed by atoms with E-state index in [4.69, 9.17) is 14.2 Å². The van der Waals surface area contributed by atoms with E-state index in [1.54, 1.807) is 21.3 Å². The van der Waals surface area contributed by atoms with Gasteiger partial charge in [0, 0.05) is 18.7 Å². The molecular weight excluding hydrogens is 342 g/mol. The fourth-order valence-electron chi connectivity index (χ4n) is 3.45. The van der Waals surface area contributed by atoms with Gasteiger partial charge in [-0.15, -0.1) is 0 Å². The minimum Gasteiger partial charge on any atom is -0.497 e. The van der Waals surface area contributed by atoms with Crippen molar-refractivity contribution in [3.05, 3.63) is 42.0 Å². The number of hydrogen-bond acceptors (Lipinski definition) is 4. The van der Waals surface area contributed by atoms with Crippen molar-refractivity contribution in [3.63, 3.8) is 0 Å². The molecular formula is C22H25NO4. The fraction of sp³-hybridized carbons (Fsp3) is 0.318. The van der Waals surface area contributed by atoms with Crippen LogP contribution in [0.15, 0.2) is 36.4 Å². The molecule has 0 atom stereocenters. The first-order valence-electron chi connectivity index (χ1n) is 9.03. The summed E-state index contributed by atoms with van der Waals surface area (Å²) in [4.78, 5) is 15.0. The second-order valence-corrected chi connectivity index (χ2v) is 6.24. The van der Waals surface area contributed by atoms with E-state index in [0.717, 1.165) is 27.3 Å². The van der Waals surface area contributed by atoms with E-state index in [2.05, 4.69) is 0 Å². The minimum atomic E-state index is 0.0202. The summed E-state index contributed by atoms with van der Waals surface area (Å²) < 4.78 is 16.3. The zero-order valence-corrected chi connectivity index (χ0v) is 16.5. The van der Waals surface area contributed by atoms with Crippen LogP contribution in [-0.4, -0.2) is 45.2 Å². The van der Waals surface area contributed by atoms with E-state index in [-0.39, 0.29) is 5.91 Å². The van der Waals surface area contributed by atoms with E-state index >= 15 is 0 Å². The van der Waals surface area contributed by atoms with E-state index < -0.39 is 0 Å². The van der Waals surface area contributed by atoms with Crippen LogP contribution in [0.3, 0.4) is 0 Å². The van der Waals surface area contributed by atoms with Gasteiger partial charge in [0.25, 0.3) is 5.91 Å². The lowest BCUT2D eigenvalue weighted by molar-refractivity contribution is 0.0775. The molecule has 0 heterocycles. The van der Waals surface area contributed by atoms with Gasteiger partial charge in [0.15, 0.2) is 11.5 Å². The Kier molecular flexibility index (Phi) is 5.40. The molecule has 0 aromatic heterocycles. The van der Waals surface area contributed by atoms with Gasteiger partial charge in [-0.25, -0.2) is 0 Å². The molecule has 0 radical (unpaired) electrons. The van der Waals surface area contributed by atoms with Crippen LogP contribution in [0.4, 0.5) is 0 Å². The van der Waals surface area contributed by atoms with Gasteiger partial charge in [0.1, 0.15) is 5.75 Å². The molecule has 3 aromatic rings. The third kappa shape index (κ3) is 3.25. The molecule has 3 rings (SSSR count). The van der Waals surface area contributed by atoms with Gasteiger partial charge in [0.05, 0.1) is 21.3 Å². The normalized spacial score (nSPS) is 10.9. The quantitative estimate of drug-likeness (QED) is 0.602. The number of amides is 1. The van der Waals surface area contributed by atoms with Crippen molar-refractivity contribution in [2.75, 3.05) is 34.4 Å². The van der Waals surface area contributed by atoms with Crippen LogP contribution in [-0.2, 0) is 0 Å². The highest BCUT2D eigenvalue weighted by Gasteiger charge is 2.19. The number of benzene rings is 3. The molecule has 3 aromatic carbocycles. The molecule has 0 aliphatic heterocycles. The van der Waals surface area contributed by atoms with Crippen LogP contribution in [0.1, 0.15) is 24.2 Å². The van der Waals surface area contributed by atoms with Gasteiger partial charge in [-0.2, -0.15) is 0 Å². The van der Waals surface area contributed by atoms with Crippen LogP contribution in [0.25, 0.3) is 21.5 Å². The maximum Gasteiger partial charge on any atom is 0.254 e. The summed E-state index contributed by atoms with van der Waals surface area (Å²) in [6.45, 7) is 5.30. The van der Waals surface area contributed by atoms with Gasteiger partial charge in [0.2, 0.25) is 0 Å². The first kappa shape index (κ1) is 18.8. The zero-order chi connectivity index (χ0) is 19.6. The van der Waals surface area contributed by atoms with Gasteiger partial charge in [-0.1, -0.05) is 0 Å². The number of ether oxygens (including phenoxy) is 3. The summed E-state index contributed by atoms with van der Waals surface area (Å²) in [5, 5.41) is 3.75. The number of fused-ring (bicyclic) bond motifs is 3.